The lowest BCUT2D eigenvalue weighted by atomic mass is 10.1. The Bertz CT molecular complexity index is 1070. The Hall–Kier alpha value is -3.41. The molecule has 0 N–H and O–H groups in total. The molecule has 4 rings (SSSR count). The minimum absolute atomic E-state index is 0.255. The Morgan fingerprint density at radius 1 is 1.03 bits per heavy atom. The second kappa shape index (κ2) is 8.95. The van der Waals surface area contributed by atoms with Crippen LogP contribution in [0.4, 0.5) is 4.79 Å². The second-order valence-electron chi connectivity index (χ2n) is 7.47. The van der Waals surface area contributed by atoms with Gasteiger partial charge in [-0.3, -0.25) is 4.79 Å². The first-order valence-corrected chi connectivity index (χ1v) is 10.3. The molecule has 6 heteroatoms. The van der Waals surface area contributed by atoms with Gasteiger partial charge in [-0.05, 0) is 50.5 Å². The highest BCUT2D eigenvalue weighted by molar-refractivity contribution is 5.99. The number of pyridine rings is 1. The van der Waals surface area contributed by atoms with Crippen molar-refractivity contribution in [1.29, 1.82) is 0 Å². The number of ketones is 1. The Kier molecular flexibility index (Phi) is 5.93. The van der Waals surface area contributed by atoms with Crippen LogP contribution in [-0.4, -0.2) is 45.6 Å². The van der Waals surface area contributed by atoms with Crippen molar-refractivity contribution in [3.63, 3.8) is 0 Å². The number of benzene rings is 1. The minimum Gasteiger partial charge on any atom is -0.438 e. The fourth-order valence-corrected chi connectivity index (χ4v) is 3.65. The zero-order valence-corrected chi connectivity index (χ0v) is 17.0. The molecule has 3 aromatic rings. The van der Waals surface area contributed by atoms with Gasteiger partial charge in [-0.1, -0.05) is 36.4 Å². The smallest absolute Gasteiger partial charge is 0.410 e. The third-order valence-corrected chi connectivity index (χ3v) is 5.33. The maximum Gasteiger partial charge on any atom is 0.410 e. The molecule has 2 aromatic heterocycles. The van der Waals surface area contributed by atoms with E-state index in [4.69, 9.17) is 4.74 Å². The van der Waals surface area contributed by atoms with E-state index in [-0.39, 0.29) is 5.78 Å². The molecule has 0 saturated carbocycles. The number of carbonyl (C=O) groups excluding carboxylic acids is 2. The van der Waals surface area contributed by atoms with E-state index in [9.17, 15) is 9.59 Å². The largest absolute Gasteiger partial charge is 0.438 e. The van der Waals surface area contributed by atoms with E-state index < -0.39 is 12.2 Å². The predicted octanol–water partition coefficient (Wildman–Crippen LogP) is 4.59. The van der Waals surface area contributed by atoms with E-state index in [2.05, 4.69) is 5.10 Å². The van der Waals surface area contributed by atoms with Crippen LogP contribution in [0, 0.1) is 0 Å². The summed E-state index contributed by atoms with van der Waals surface area (Å²) in [5.41, 5.74) is 3.52. The number of amides is 1. The van der Waals surface area contributed by atoms with Crippen molar-refractivity contribution >= 4 is 23.5 Å². The van der Waals surface area contributed by atoms with Crippen LogP contribution in [0.2, 0.25) is 0 Å². The molecule has 0 bridgehead atoms. The number of rotatable bonds is 5. The van der Waals surface area contributed by atoms with Gasteiger partial charge in [-0.15, -0.1) is 0 Å². The standard InChI is InChI=1S/C24H25N3O3/c1-18(30-24(29)26-15-7-3-8-16-26)22(28)14-13-20-21-12-6-9-17-27(21)25-23(20)19-10-4-2-5-11-19/h2,4-6,9-14,17-18H,3,7-8,15-16H2,1H3/b14-13+. The lowest BCUT2D eigenvalue weighted by Crippen LogP contribution is -2.38. The molecule has 1 atom stereocenters. The molecular weight excluding hydrogens is 378 g/mol. The Balaban J connectivity index is 1.54. The molecule has 154 valence electrons. The highest BCUT2D eigenvalue weighted by atomic mass is 16.6. The average molecular weight is 403 g/mol. The Labute approximate surface area is 175 Å². The topological polar surface area (TPSA) is 63.9 Å². The summed E-state index contributed by atoms with van der Waals surface area (Å²) in [7, 11) is 0. The molecule has 1 aliphatic rings. The third kappa shape index (κ3) is 4.27. The number of carbonyl (C=O) groups is 2. The molecule has 0 radical (unpaired) electrons. The van der Waals surface area contributed by atoms with Crippen molar-refractivity contribution in [3.05, 3.63) is 66.4 Å². The van der Waals surface area contributed by atoms with Crippen molar-refractivity contribution in [3.8, 4) is 11.3 Å². The van der Waals surface area contributed by atoms with Crippen molar-refractivity contribution in [2.75, 3.05) is 13.1 Å². The first-order valence-electron chi connectivity index (χ1n) is 10.3. The Morgan fingerprint density at radius 2 is 1.77 bits per heavy atom. The molecule has 0 spiro atoms. The van der Waals surface area contributed by atoms with Gasteiger partial charge in [0.25, 0.3) is 0 Å². The molecular formula is C24H25N3O3. The van der Waals surface area contributed by atoms with Crippen molar-refractivity contribution in [2.24, 2.45) is 0 Å². The van der Waals surface area contributed by atoms with Crippen LogP contribution in [0.15, 0.2) is 60.8 Å². The number of nitrogens with zero attached hydrogens (tertiary/aromatic N) is 3. The number of fused-ring (bicyclic) bond motifs is 1. The molecule has 1 fully saturated rings. The maximum absolute atomic E-state index is 12.6. The summed E-state index contributed by atoms with van der Waals surface area (Å²) in [4.78, 5) is 26.6. The number of hydrogen-bond acceptors (Lipinski definition) is 4. The Morgan fingerprint density at radius 3 is 2.53 bits per heavy atom. The summed E-state index contributed by atoms with van der Waals surface area (Å²) in [6, 6.07) is 15.7. The summed E-state index contributed by atoms with van der Waals surface area (Å²) in [5, 5.41) is 4.68. The highest BCUT2D eigenvalue weighted by Gasteiger charge is 2.22. The zero-order valence-electron chi connectivity index (χ0n) is 17.0. The fourth-order valence-electron chi connectivity index (χ4n) is 3.65. The second-order valence-corrected chi connectivity index (χ2v) is 7.47. The minimum atomic E-state index is -0.835. The summed E-state index contributed by atoms with van der Waals surface area (Å²) in [6.45, 7) is 3.00. The van der Waals surface area contributed by atoms with Gasteiger partial charge in [0.2, 0.25) is 0 Å². The molecule has 1 aliphatic heterocycles. The van der Waals surface area contributed by atoms with E-state index in [1.807, 2.05) is 54.7 Å². The van der Waals surface area contributed by atoms with Crippen LogP contribution in [0.1, 0.15) is 31.7 Å². The normalized spacial score (nSPS) is 15.4. The number of ether oxygens (including phenoxy) is 1. The summed E-state index contributed by atoms with van der Waals surface area (Å²) in [5.74, 6) is -0.255. The van der Waals surface area contributed by atoms with Crippen LogP contribution in [0.5, 0.6) is 0 Å². The highest BCUT2D eigenvalue weighted by Crippen LogP contribution is 2.27. The van der Waals surface area contributed by atoms with Crippen LogP contribution < -0.4 is 0 Å². The van der Waals surface area contributed by atoms with Gasteiger partial charge in [0, 0.05) is 30.4 Å². The monoisotopic (exact) mass is 403 g/mol. The van der Waals surface area contributed by atoms with Gasteiger partial charge in [0.15, 0.2) is 11.9 Å². The van der Waals surface area contributed by atoms with Crippen molar-refractivity contribution in [1.82, 2.24) is 14.5 Å². The van der Waals surface area contributed by atoms with E-state index in [1.54, 1.807) is 22.4 Å². The van der Waals surface area contributed by atoms with Gasteiger partial charge in [-0.2, -0.15) is 5.10 Å². The first-order chi connectivity index (χ1) is 14.6. The molecule has 6 nitrogen and oxygen atoms in total. The zero-order chi connectivity index (χ0) is 20.9. The molecule has 1 saturated heterocycles. The van der Waals surface area contributed by atoms with Crippen LogP contribution in [0.25, 0.3) is 22.9 Å². The number of piperidine rings is 1. The predicted molar refractivity (Wildman–Crippen MR) is 116 cm³/mol. The first kappa shape index (κ1) is 19.9. The summed E-state index contributed by atoms with van der Waals surface area (Å²) >= 11 is 0. The van der Waals surface area contributed by atoms with E-state index in [0.29, 0.717) is 13.1 Å². The van der Waals surface area contributed by atoms with Crippen LogP contribution in [-0.2, 0) is 9.53 Å². The summed E-state index contributed by atoms with van der Waals surface area (Å²) < 4.78 is 7.19. The van der Waals surface area contributed by atoms with Gasteiger partial charge >= 0.3 is 6.09 Å². The molecule has 1 amide bonds. The molecule has 1 unspecified atom stereocenters. The van der Waals surface area contributed by atoms with Gasteiger partial charge in [0.1, 0.15) is 5.69 Å². The van der Waals surface area contributed by atoms with Crippen LogP contribution in [0.3, 0.4) is 0 Å². The molecule has 0 aliphatic carbocycles. The quantitative estimate of drug-likeness (QED) is 0.584. The lowest BCUT2D eigenvalue weighted by molar-refractivity contribution is -0.122. The van der Waals surface area contributed by atoms with E-state index >= 15 is 0 Å². The SMILES string of the molecule is CC(OC(=O)N1CCCCC1)C(=O)/C=C/c1c(-c2ccccc2)nn2ccccc12. The maximum atomic E-state index is 12.6. The van der Waals surface area contributed by atoms with Crippen LogP contribution >= 0.6 is 0 Å². The number of hydrogen-bond donors (Lipinski definition) is 0. The molecule has 3 heterocycles. The lowest BCUT2D eigenvalue weighted by Gasteiger charge is -2.26. The van der Waals surface area contributed by atoms with E-state index in [0.717, 1.165) is 41.6 Å². The molecule has 1 aromatic carbocycles. The average Bonchev–Trinajstić information content (AvgIpc) is 3.17. The van der Waals surface area contributed by atoms with Crippen molar-refractivity contribution in [2.45, 2.75) is 32.3 Å². The van der Waals surface area contributed by atoms with Crippen molar-refractivity contribution < 1.29 is 14.3 Å². The third-order valence-electron chi connectivity index (χ3n) is 5.33. The van der Waals surface area contributed by atoms with Gasteiger partial charge < -0.3 is 9.64 Å². The van der Waals surface area contributed by atoms with Gasteiger partial charge in [-0.25, -0.2) is 9.31 Å². The number of likely N-dealkylation sites (tertiary alicyclic amines) is 1. The fraction of sp³-hybridized carbons (Fsp3) is 0.292. The van der Waals surface area contributed by atoms with E-state index in [1.165, 1.54) is 6.08 Å². The number of aromatic nitrogens is 2. The van der Waals surface area contributed by atoms with Gasteiger partial charge in [0.05, 0.1) is 5.52 Å². The summed E-state index contributed by atoms with van der Waals surface area (Å²) in [6.07, 6.45) is 6.96. The molecule has 30 heavy (non-hydrogen) atoms.